The van der Waals surface area contributed by atoms with Crippen LogP contribution in [0, 0.1) is 13.8 Å². The lowest BCUT2D eigenvalue weighted by atomic mass is 10.0. The molecule has 0 aliphatic carbocycles. The van der Waals surface area contributed by atoms with E-state index in [1.165, 1.54) is 16.7 Å². The summed E-state index contributed by atoms with van der Waals surface area (Å²) in [6.07, 6.45) is 0.737. The Kier molecular flexibility index (Phi) is 2.73. The number of aromatic nitrogens is 3. The number of hydrogen-bond donors (Lipinski definition) is 1. The maximum atomic E-state index is 5.63. The fraction of sp³-hybridized carbons (Fsp3) is 0.273. The van der Waals surface area contributed by atoms with E-state index < -0.39 is 0 Å². The Labute approximate surface area is 93.5 Å². The lowest BCUT2D eigenvalue weighted by molar-refractivity contribution is 0.970. The highest BCUT2D eigenvalue weighted by molar-refractivity contribution is 6.28. The van der Waals surface area contributed by atoms with E-state index >= 15 is 0 Å². The van der Waals surface area contributed by atoms with E-state index in [0.29, 0.717) is 0 Å². The number of benzene rings is 1. The summed E-state index contributed by atoms with van der Waals surface area (Å²) in [5.41, 5.74) is 3.80. The quantitative estimate of drug-likeness (QED) is 0.847. The standard InChI is InChI=1S/C11H12ClN3/c1-7-3-4-9(5-8(7)2)6-10-13-11(12)15-14-10/h3-5H,6H2,1-2H3,(H,13,14,15). The summed E-state index contributed by atoms with van der Waals surface area (Å²) in [6.45, 7) is 4.20. The number of H-pyrrole nitrogens is 1. The van der Waals surface area contributed by atoms with Crippen molar-refractivity contribution >= 4 is 11.6 Å². The molecule has 15 heavy (non-hydrogen) atoms. The predicted molar refractivity (Wildman–Crippen MR) is 60.1 cm³/mol. The molecule has 0 saturated carbocycles. The molecule has 0 amide bonds. The van der Waals surface area contributed by atoms with Gasteiger partial charge in [0.25, 0.3) is 0 Å². The Bertz CT molecular complexity index is 476. The second-order valence-corrected chi connectivity index (χ2v) is 3.98. The van der Waals surface area contributed by atoms with E-state index in [1.807, 2.05) is 0 Å². The van der Waals surface area contributed by atoms with E-state index in [-0.39, 0.29) is 5.28 Å². The van der Waals surface area contributed by atoms with Gasteiger partial charge < -0.3 is 0 Å². The molecule has 0 spiro atoms. The summed E-state index contributed by atoms with van der Waals surface area (Å²) >= 11 is 5.63. The fourth-order valence-electron chi connectivity index (χ4n) is 1.46. The van der Waals surface area contributed by atoms with Gasteiger partial charge in [0, 0.05) is 6.42 Å². The molecule has 0 unspecified atom stereocenters. The first-order valence-corrected chi connectivity index (χ1v) is 5.16. The van der Waals surface area contributed by atoms with Gasteiger partial charge in [0.2, 0.25) is 5.28 Å². The van der Waals surface area contributed by atoms with Gasteiger partial charge in [-0.1, -0.05) is 18.2 Å². The molecule has 0 aliphatic heterocycles. The van der Waals surface area contributed by atoms with Gasteiger partial charge in [-0.3, -0.25) is 5.10 Å². The van der Waals surface area contributed by atoms with Crippen LogP contribution >= 0.6 is 11.6 Å². The van der Waals surface area contributed by atoms with Crippen molar-refractivity contribution in [2.45, 2.75) is 20.3 Å². The van der Waals surface area contributed by atoms with Crippen LogP contribution in [0.2, 0.25) is 5.28 Å². The van der Waals surface area contributed by atoms with Crippen LogP contribution in [0.4, 0.5) is 0 Å². The van der Waals surface area contributed by atoms with Gasteiger partial charge in [0.1, 0.15) is 5.82 Å². The number of rotatable bonds is 2. The molecule has 0 aliphatic rings. The summed E-state index contributed by atoms with van der Waals surface area (Å²) in [4.78, 5) is 4.06. The third-order valence-corrected chi connectivity index (χ3v) is 2.62. The van der Waals surface area contributed by atoms with Crippen molar-refractivity contribution in [2.24, 2.45) is 0 Å². The average molecular weight is 222 g/mol. The molecular weight excluding hydrogens is 210 g/mol. The molecule has 1 heterocycles. The molecule has 0 bridgehead atoms. The maximum absolute atomic E-state index is 5.63. The van der Waals surface area contributed by atoms with E-state index in [2.05, 4.69) is 47.2 Å². The molecule has 3 nitrogen and oxygen atoms in total. The molecule has 1 aromatic heterocycles. The van der Waals surface area contributed by atoms with Gasteiger partial charge in [0.05, 0.1) is 0 Å². The molecule has 0 saturated heterocycles. The summed E-state index contributed by atoms with van der Waals surface area (Å²) in [6, 6.07) is 6.37. The SMILES string of the molecule is Cc1ccc(Cc2nc(Cl)n[nH]2)cc1C. The topological polar surface area (TPSA) is 41.6 Å². The zero-order valence-corrected chi connectivity index (χ0v) is 9.47. The van der Waals surface area contributed by atoms with Crippen LogP contribution in [0.3, 0.4) is 0 Å². The molecular formula is C11H12ClN3. The number of halogens is 1. The van der Waals surface area contributed by atoms with Gasteiger partial charge in [0.15, 0.2) is 0 Å². The van der Waals surface area contributed by atoms with Crippen LogP contribution in [0.5, 0.6) is 0 Å². The molecule has 0 fully saturated rings. The first-order valence-electron chi connectivity index (χ1n) is 4.78. The minimum atomic E-state index is 0.272. The third-order valence-electron chi connectivity index (χ3n) is 2.45. The zero-order valence-electron chi connectivity index (χ0n) is 8.71. The van der Waals surface area contributed by atoms with E-state index in [1.54, 1.807) is 0 Å². The molecule has 2 rings (SSSR count). The van der Waals surface area contributed by atoms with Crippen molar-refractivity contribution in [3.63, 3.8) is 0 Å². The molecule has 2 aromatic rings. The number of aromatic amines is 1. The highest BCUT2D eigenvalue weighted by Crippen LogP contribution is 2.12. The summed E-state index contributed by atoms with van der Waals surface area (Å²) in [7, 11) is 0. The molecule has 1 aromatic carbocycles. The van der Waals surface area contributed by atoms with Gasteiger partial charge in [-0.15, -0.1) is 5.10 Å². The van der Waals surface area contributed by atoms with Gasteiger partial charge in [-0.2, -0.15) is 0 Å². The number of hydrogen-bond acceptors (Lipinski definition) is 2. The van der Waals surface area contributed by atoms with Crippen LogP contribution in [0.15, 0.2) is 18.2 Å². The largest absolute Gasteiger partial charge is 0.261 e. The number of nitrogens with one attached hydrogen (secondary N) is 1. The minimum Gasteiger partial charge on any atom is -0.261 e. The Hall–Kier alpha value is -1.35. The number of nitrogens with zero attached hydrogens (tertiary/aromatic N) is 2. The van der Waals surface area contributed by atoms with Crippen LogP contribution < -0.4 is 0 Å². The minimum absolute atomic E-state index is 0.272. The molecule has 78 valence electrons. The van der Waals surface area contributed by atoms with Crippen LogP contribution in [0.25, 0.3) is 0 Å². The van der Waals surface area contributed by atoms with Crippen molar-refractivity contribution in [1.82, 2.24) is 15.2 Å². The van der Waals surface area contributed by atoms with Gasteiger partial charge in [-0.25, -0.2) is 4.98 Å². The fourth-order valence-corrected chi connectivity index (χ4v) is 1.60. The Balaban J connectivity index is 2.21. The zero-order chi connectivity index (χ0) is 10.8. The maximum Gasteiger partial charge on any atom is 0.242 e. The molecule has 0 atom stereocenters. The molecule has 0 radical (unpaired) electrons. The van der Waals surface area contributed by atoms with E-state index in [4.69, 9.17) is 11.6 Å². The summed E-state index contributed by atoms with van der Waals surface area (Å²) in [5, 5.41) is 6.85. The summed E-state index contributed by atoms with van der Waals surface area (Å²) < 4.78 is 0. The smallest absolute Gasteiger partial charge is 0.242 e. The van der Waals surface area contributed by atoms with Crippen molar-refractivity contribution in [2.75, 3.05) is 0 Å². The van der Waals surface area contributed by atoms with Crippen LogP contribution in [-0.4, -0.2) is 15.2 Å². The Morgan fingerprint density at radius 1 is 1.27 bits per heavy atom. The second kappa shape index (κ2) is 4.03. The normalized spacial score (nSPS) is 10.6. The van der Waals surface area contributed by atoms with Crippen molar-refractivity contribution in [3.8, 4) is 0 Å². The highest BCUT2D eigenvalue weighted by atomic mass is 35.5. The van der Waals surface area contributed by atoms with Gasteiger partial charge >= 0.3 is 0 Å². The van der Waals surface area contributed by atoms with Crippen LogP contribution in [-0.2, 0) is 6.42 Å². The molecule has 4 heteroatoms. The second-order valence-electron chi connectivity index (χ2n) is 3.65. The lowest BCUT2D eigenvalue weighted by Gasteiger charge is -2.02. The van der Waals surface area contributed by atoms with E-state index in [0.717, 1.165) is 12.2 Å². The van der Waals surface area contributed by atoms with Crippen molar-refractivity contribution in [3.05, 3.63) is 46.0 Å². The Morgan fingerprint density at radius 3 is 2.67 bits per heavy atom. The van der Waals surface area contributed by atoms with E-state index in [9.17, 15) is 0 Å². The van der Waals surface area contributed by atoms with Crippen LogP contribution in [0.1, 0.15) is 22.5 Å². The Morgan fingerprint density at radius 2 is 2.07 bits per heavy atom. The first kappa shape index (κ1) is 10.2. The predicted octanol–water partition coefficient (Wildman–Crippen LogP) is 2.67. The summed E-state index contributed by atoms with van der Waals surface area (Å²) in [5.74, 6) is 0.795. The van der Waals surface area contributed by atoms with Crippen molar-refractivity contribution in [1.29, 1.82) is 0 Å². The average Bonchev–Trinajstić information content (AvgIpc) is 2.58. The third kappa shape index (κ3) is 2.36. The number of aryl methyl sites for hydroxylation is 2. The monoisotopic (exact) mass is 221 g/mol. The molecule has 1 N–H and O–H groups in total. The highest BCUT2D eigenvalue weighted by Gasteiger charge is 2.02. The lowest BCUT2D eigenvalue weighted by Crippen LogP contribution is -1.92. The van der Waals surface area contributed by atoms with Crippen molar-refractivity contribution < 1.29 is 0 Å². The first-order chi connectivity index (χ1) is 7.15. The van der Waals surface area contributed by atoms with Gasteiger partial charge in [-0.05, 0) is 42.1 Å².